The molecular formula is C19H17F3N6O. The fourth-order valence-corrected chi connectivity index (χ4v) is 3.05. The first-order valence-corrected chi connectivity index (χ1v) is 8.81. The van der Waals surface area contributed by atoms with E-state index >= 15 is 0 Å². The molecule has 10 heteroatoms. The molecule has 0 saturated heterocycles. The van der Waals surface area contributed by atoms with Gasteiger partial charge in [0.05, 0.1) is 11.6 Å². The lowest BCUT2D eigenvalue weighted by Crippen LogP contribution is -2.12. The van der Waals surface area contributed by atoms with Crippen molar-refractivity contribution in [2.24, 2.45) is 0 Å². The van der Waals surface area contributed by atoms with Gasteiger partial charge in [-0.05, 0) is 43.3 Å². The Balaban J connectivity index is 1.61. The SMILES string of the molecule is C[C@@H](Nc1ccc2[nH]nc(-n3cncn3)c2c1)c1cc(F)ccc1OCC(F)F. The number of fused-ring (bicyclic) bond motifs is 1. The van der Waals surface area contributed by atoms with Gasteiger partial charge in [-0.25, -0.2) is 22.8 Å². The highest BCUT2D eigenvalue weighted by molar-refractivity contribution is 5.88. The predicted octanol–water partition coefficient (Wildman–Crippen LogP) is 4.10. The molecule has 0 spiro atoms. The highest BCUT2D eigenvalue weighted by Crippen LogP contribution is 2.30. The van der Waals surface area contributed by atoms with Crippen LogP contribution in [-0.2, 0) is 0 Å². The molecule has 2 N–H and O–H groups in total. The van der Waals surface area contributed by atoms with Crippen LogP contribution in [0, 0.1) is 5.82 Å². The van der Waals surface area contributed by atoms with E-state index in [1.165, 1.54) is 35.5 Å². The number of ether oxygens (including phenoxy) is 1. The number of anilines is 1. The normalized spacial score (nSPS) is 12.4. The first kappa shape index (κ1) is 18.8. The number of alkyl halides is 2. The zero-order valence-electron chi connectivity index (χ0n) is 15.3. The molecule has 0 radical (unpaired) electrons. The van der Waals surface area contributed by atoms with E-state index in [0.29, 0.717) is 11.4 Å². The molecule has 2 heterocycles. The summed E-state index contributed by atoms with van der Waals surface area (Å²) in [7, 11) is 0. The Bertz CT molecular complexity index is 1110. The highest BCUT2D eigenvalue weighted by atomic mass is 19.3. The van der Waals surface area contributed by atoms with Crippen LogP contribution >= 0.6 is 0 Å². The average Bonchev–Trinajstić information content (AvgIpc) is 3.36. The van der Waals surface area contributed by atoms with Gasteiger partial charge in [-0.2, -0.15) is 10.2 Å². The van der Waals surface area contributed by atoms with Crippen LogP contribution in [0.5, 0.6) is 5.75 Å². The summed E-state index contributed by atoms with van der Waals surface area (Å²) in [6.07, 6.45) is 0.336. The van der Waals surface area contributed by atoms with E-state index in [1.54, 1.807) is 6.92 Å². The molecule has 4 aromatic rings. The van der Waals surface area contributed by atoms with Crippen molar-refractivity contribution in [1.82, 2.24) is 25.0 Å². The zero-order chi connectivity index (χ0) is 20.4. The number of nitrogens with zero attached hydrogens (tertiary/aromatic N) is 4. The molecule has 150 valence electrons. The Morgan fingerprint density at radius 2 is 2.07 bits per heavy atom. The molecule has 7 nitrogen and oxygen atoms in total. The summed E-state index contributed by atoms with van der Waals surface area (Å²) < 4.78 is 45.5. The van der Waals surface area contributed by atoms with E-state index < -0.39 is 24.9 Å². The van der Waals surface area contributed by atoms with Crippen molar-refractivity contribution >= 4 is 16.6 Å². The Morgan fingerprint density at radius 3 is 2.83 bits per heavy atom. The van der Waals surface area contributed by atoms with Gasteiger partial charge in [-0.3, -0.25) is 5.10 Å². The lowest BCUT2D eigenvalue weighted by atomic mass is 10.1. The monoisotopic (exact) mass is 402 g/mol. The van der Waals surface area contributed by atoms with Crippen molar-refractivity contribution in [3.63, 3.8) is 0 Å². The van der Waals surface area contributed by atoms with Crippen LogP contribution in [0.25, 0.3) is 16.7 Å². The largest absolute Gasteiger partial charge is 0.487 e. The third-order valence-corrected chi connectivity index (χ3v) is 4.36. The van der Waals surface area contributed by atoms with Crippen LogP contribution in [0.3, 0.4) is 0 Å². The van der Waals surface area contributed by atoms with E-state index in [4.69, 9.17) is 4.74 Å². The number of aromatic nitrogens is 5. The van der Waals surface area contributed by atoms with Crippen molar-refractivity contribution in [2.75, 3.05) is 11.9 Å². The van der Waals surface area contributed by atoms with E-state index in [2.05, 4.69) is 25.6 Å². The van der Waals surface area contributed by atoms with Gasteiger partial charge in [0, 0.05) is 16.6 Å². The number of aromatic amines is 1. The third kappa shape index (κ3) is 4.00. The van der Waals surface area contributed by atoms with Crippen molar-refractivity contribution in [3.05, 3.63) is 60.4 Å². The van der Waals surface area contributed by atoms with Crippen molar-refractivity contribution in [3.8, 4) is 11.6 Å². The first-order chi connectivity index (χ1) is 14.0. The van der Waals surface area contributed by atoms with E-state index in [1.807, 2.05) is 18.2 Å². The number of nitrogens with one attached hydrogen (secondary N) is 2. The minimum absolute atomic E-state index is 0.208. The summed E-state index contributed by atoms with van der Waals surface area (Å²) in [5.41, 5.74) is 1.98. The molecule has 2 aromatic carbocycles. The first-order valence-electron chi connectivity index (χ1n) is 8.81. The van der Waals surface area contributed by atoms with Gasteiger partial charge in [-0.1, -0.05) is 0 Å². The second kappa shape index (κ2) is 7.82. The fraction of sp³-hybridized carbons (Fsp3) is 0.211. The number of halogens is 3. The Labute approximate surface area is 163 Å². The van der Waals surface area contributed by atoms with Crippen LogP contribution < -0.4 is 10.1 Å². The number of benzene rings is 2. The maximum absolute atomic E-state index is 13.8. The van der Waals surface area contributed by atoms with Gasteiger partial charge in [0.25, 0.3) is 6.43 Å². The van der Waals surface area contributed by atoms with Gasteiger partial charge in [0.15, 0.2) is 5.82 Å². The molecule has 29 heavy (non-hydrogen) atoms. The van der Waals surface area contributed by atoms with E-state index in [0.717, 1.165) is 16.6 Å². The number of hydrogen-bond donors (Lipinski definition) is 2. The summed E-state index contributed by atoms with van der Waals surface area (Å²) in [5, 5.41) is 15.3. The fourth-order valence-electron chi connectivity index (χ4n) is 3.05. The summed E-state index contributed by atoms with van der Waals surface area (Å²) in [6.45, 7) is 1.04. The van der Waals surface area contributed by atoms with Crippen molar-refractivity contribution in [1.29, 1.82) is 0 Å². The molecule has 0 bridgehead atoms. The second-order valence-corrected chi connectivity index (χ2v) is 6.40. The minimum atomic E-state index is -2.62. The molecule has 2 aromatic heterocycles. The lowest BCUT2D eigenvalue weighted by Gasteiger charge is -2.19. The Kier molecular flexibility index (Phi) is 5.07. The Morgan fingerprint density at radius 1 is 1.21 bits per heavy atom. The van der Waals surface area contributed by atoms with Crippen molar-refractivity contribution in [2.45, 2.75) is 19.4 Å². The minimum Gasteiger partial charge on any atom is -0.487 e. The standard InChI is InChI=1S/C19H17F3N6O/c1-11(14-6-12(20)2-5-17(14)29-8-18(21)22)25-13-3-4-16-15(7-13)19(27-26-16)28-10-23-9-24-28/h2-7,9-11,18,25H,8H2,1H3,(H,26,27)/t11-/m1/s1. The number of hydrogen-bond acceptors (Lipinski definition) is 5. The molecular weight excluding hydrogens is 385 g/mol. The molecule has 0 saturated carbocycles. The molecule has 4 rings (SSSR count). The smallest absolute Gasteiger partial charge is 0.272 e. The topological polar surface area (TPSA) is 80.7 Å². The summed E-state index contributed by atoms with van der Waals surface area (Å²) >= 11 is 0. The van der Waals surface area contributed by atoms with Crippen LogP contribution in [0.1, 0.15) is 18.5 Å². The predicted molar refractivity (Wildman–Crippen MR) is 101 cm³/mol. The van der Waals surface area contributed by atoms with Gasteiger partial charge < -0.3 is 10.1 Å². The Hall–Kier alpha value is -3.56. The van der Waals surface area contributed by atoms with Crippen LogP contribution in [0.4, 0.5) is 18.9 Å². The van der Waals surface area contributed by atoms with Crippen LogP contribution in [0.2, 0.25) is 0 Å². The van der Waals surface area contributed by atoms with E-state index in [9.17, 15) is 13.2 Å². The maximum Gasteiger partial charge on any atom is 0.272 e. The number of H-pyrrole nitrogens is 1. The average molecular weight is 402 g/mol. The van der Waals surface area contributed by atoms with Gasteiger partial charge >= 0.3 is 0 Å². The molecule has 0 aliphatic rings. The molecule has 0 unspecified atom stereocenters. The van der Waals surface area contributed by atoms with Gasteiger partial charge in [0.2, 0.25) is 0 Å². The third-order valence-electron chi connectivity index (χ3n) is 4.36. The quantitative estimate of drug-likeness (QED) is 0.487. The van der Waals surface area contributed by atoms with Crippen LogP contribution in [-0.4, -0.2) is 38.0 Å². The molecule has 0 aliphatic carbocycles. The summed E-state index contributed by atoms with van der Waals surface area (Å²) in [5.74, 6) is 0.316. The highest BCUT2D eigenvalue weighted by Gasteiger charge is 2.16. The zero-order valence-corrected chi connectivity index (χ0v) is 15.3. The molecule has 1 atom stereocenters. The molecule has 0 aliphatic heterocycles. The van der Waals surface area contributed by atoms with Gasteiger partial charge in [-0.15, -0.1) is 0 Å². The maximum atomic E-state index is 13.8. The van der Waals surface area contributed by atoms with Gasteiger partial charge in [0.1, 0.15) is 30.8 Å². The lowest BCUT2D eigenvalue weighted by molar-refractivity contribution is 0.0813. The van der Waals surface area contributed by atoms with Crippen LogP contribution in [0.15, 0.2) is 49.1 Å². The van der Waals surface area contributed by atoms with E-state index in [-0.39, 0.29) is 5.75 Å². The molecule has 0 amide bonds. The van der Waals surface area contributed by atoms with Crippen molar-refractivity contribution < 1.29 is 17.9 Å². The summed E-state index contributed by atoms with van der Waals surface area (Å²) in [4.78, 5) is 3.92. The number of rotatable bonds is 7. The summed E-state index contributed by atoms with van der Waals surface area (Å²) in [6, 6.07) is 8.95. The second-order valence-electron chi connectivity index (χ2n) is 6.40. The molecule has 0 fully saturated rings.